The van der Waals surface area contributed by atoms with Crippen molar-refractivity contribution in [1.29, 1.82) is 0 Å². The van der Waals surface area contributed by atoms with Gasteiger partial charge in [0, 0.05) is 49.7 Å². The molecule has 0 saturated carbocycles. The van der Waals surface area contributed by atoms with Crippen molar-refractivity contribution in [1.82, 2.24) is 19.8 Å². The van der Waals surface area contributed by atoms with Gasteiger partial charge in [0.05, 0.1) is 12.3 Å². The lowest BCUT2D eigenvalue weighted by Crippen LogP contribution is -2.67. The van der Waals surface area contributed by atoms with E-state index in [2.05, 4.69) is 62.2 Å². The fourth-order valence-electron chi connectivity index (χ4n) is 5.31. The molecule has 2 aromatic heterocycles. The number of fused-ring (bicyclic) bond motifs is 1. The van der Waals surface area contributed by atoms with Crippen LogP contribution in [0.15, 0.2) is 73.2 Å². The number of hydrogen-bond acceptors (Lipinski definition) is 5. The third-order valence-electron chi connectivity index (χ3n) is 6.86. The zero-order chi connectivity index (χ0) is 21.0. The van der Waals surface area contributed by atoms with Crippen molar-refractivity contribution in [3.05, 3.63) is 84.4 Å². The maximum absolute atomic E-state index is 10.2. The van der Waals surface area contributed by atoms with Gasteiger partial charge in [-0.1, -0.05) is 36.4 Å². The molecule has 1 aromatic carbocycles. The Hall–Kier alpha value is -2.60. The summed E-state index contributed by atoms with van der Waals surface area (Å²) in [5, 5.41) is 10.2. The number of benzene rings is 1. The molecule has 31 heavy (non-hydrogen) atoms. The molecule has 5 rings (SSSR count). The number of aromatic nitrogens is 2. The molecule has 0 aliphatic carbocycles. The molecule has 2 saturated heterocycles. The van der Waals surface area contributed by atoms with Crippen LogP contribution in [0, 0.1) is 0 Å². The van der Waals surface area contributed by atoms with E-state index in [0.29, 0.717) is 12.0 Å². The Labute approximate surface area is 184 Å². The van der Waals surface area contributed by atoms with Crippen LogP contribution in [0.25, 0.3) is 11.1 Å². The topological polar surface area (TPSA) is 52.5 Å². The summed E-state index contributed by atoms with van der Waals surface area (Å²) in [6.07, 6.45) is 7.96. The van der Waals surface area contributed by atoms with E-state index in [4.69, 9.17) is 0 Å². The van der Waals surface area contributed by atoms with Crippen LogP contribution in [0.2, 0.25) is 0 Å². The molecule has 0 bridgehead atoms. The Morgan fingerprint density at radius 2 is 1.77 bits per heavy atom. The van der Waals surface area contributed by atoms with Gasteiger partial charge in [-0.25, -0.2) is 0 Å². The van der Waals surface area contributed by atoms with Crippen molar-refractivity contribution in [2.75, 3.05) is 26.2 Å². The lowest BCUT2D eigenvalue weighted by molar-refractivity contribution is -0.0656. The minimum Gasteiger partial charge on any atom is -0.395 e. The largest absolute Gasteiger partial charge is 0.395 e. The number of aliphatic hydroxyl groups excluding tert-OH is 1. The first-order valence-electron chi connectivity index (χ1n) is 11.3. The Kier molecular flexibility index (Phi) is 6.07. The summed E-state index contributed by atoms with van der Waals surface area (Å²) in [6.45, 7) is 4.31. The standard InChI is InChI=1S/C26H30N4O/c31-19-25-26(21-10-8-20(9-11-21)22-6-5-12-27-16-22)24-18-29(14-3-4-15-30(24)25)17-23-7-1-2-13-28-23/h1-2,5-13,16,24-26,31H,3-4,14-15,17-19H2/t24-,25-,26+/m1/s1. The average molecular weight is 415 g/mol. The number of aliphatic hydroxyl groups is 1. The molecule has 4 heterocycles. The number of pyridine rings is 2. The van der Waals surface area contributed by atoms with Crippen LogP contribution in [0.5, 0.6) is 0 Å². The molecule has 0 amide bonds. The summed E-state index contributed by atoms with van der Waals surface area (Å²) in [4.78, 5) is 13.8. The van der Waals surface area contributed by atoms with E-state index in [1.165, 1.54) is 24.0 Å². The molecule has 1 N–H and O–H groups in total. The van der Waals surface area contributed by atoms with Gasteiger partial charge in [0.25, 0.3) is 0 Å². The van der Waals surface area contributed by atoms with Crippen molar-refractivity contribution >= 4 is 0 Å². The van der Waals surface area contributed by atoms with Gasteiger partial charge >= 0.3 is 0 Å². The van der Waals surface area contributed by atoms with Crippen LogP contribution in [0.3, 0.4) is 0 Å². The van der Waals surface area contributed by atoms with Crippen molar-refractivity contribution in [2.45, 2.75) is 37.4 Å². The number of hydrogen-bond donors (Lipinski definition) is 1. The molecular weight excluding hydrogens is 384 g/mol. The first kappa shape index (κ1) is 20.3. The van der Waals surface area contributed by atoms with E-state index < -0.39 is 0 Å². The SMILES string of the molecule is OC[C@@H]1[C@@H](c2ccc(-c3cccnc3)cc2)[C@H]2CN(Cc3ccccn3)CCCCN12. The summed E-state index contributed by atoms with van der Waals surface area (Å²) < 4.78 is 0. The van der Waals surface area contributed by atoms with E-state index >= 15 is 0 Å². The highest BCUT2D eigenvalue weighted by Gasteiger charge is 2.49. The smallest absolute Gasteiger partial charge is 0.0593 e. The second-order valence-electron chi connectivity index (χ2n) is 8.71. The van der Waals surface area contributed by atoms with Crippen molar-refractivity contribution in [3.8, 4) is 11.1 Å². The van der Waals surface area contributed by atoms with Crippen molar-refractivity contribution in [3.63, 3.8) is 0 Å². The Morgan fingerprint density at radius 1 is 0.903 bits per heavy atom. The second kappa shape index (κ2) is 9.27. The number of rotatable bonds is 5. The molecule has 5 nitrogen and oxygen atoms in total. The minimum absolute atomic E-state index is 0.212. The van der Waals surface area contributed by atoms with E-state index in [-0.39, 0.29) is 12.6 Å². The third-order valence-corrected chi connectivity index (χ3v) is 6.86. The second-order valence-corrected chi connectivity index (χ2v) is 8.71. The predicted molar refractivity (Wildman–Crippen MR) is 123 cm³/mol. The monoisotopic (exact) mass is 414 g/mol. The van der Waals surface area contributed by atoms with Crippen LogP contribution in [-0.2, 0) is 6.54 Å². The maximum Gasteiger partial charge on any atom is 0.0593 e. The molecular formula is C26H30N4O. The van der Waals surface area contributed by atoms with Gasteiger partial charge in [-0.3, -0.25) is 19.8 Å². The molecule has 2 aliphatic heterocycles. The molecule has 0 radical (unpaired) electrons. The first-order chi connectivity index (χ1) is 15.3. The highest BCUT2D eigenvalue weighted by Crippen LogP contribution is 2.42. The van der Waals surface area contributed by atoms with Crippen LogP contribution in [0.4, 0.5) is 0 Å². The Balaban J connectivity index is 1.36. The molecule has 3 atom stereocenters. The normalized spacial score (nSPS) is 24.6. The maximum atomic E-state index is 10.2. The van der Waals surface area contributed by atoms with Gasteiger partial charge in [0.1, 0.15) is 0 Å². The third kappa shape index (κ3) is 4.26. The van der Waals surface area contributed by atoms with Gasteiger partial charge in [-0.05, 0) is 60.8 Å². The summed E-state index contributed by atoms with van der Waals surface area (Å²) in [5.74, 6) is 0.359. The van der Waals surface area contributed by atoms with Crippen LogP contribution >= 0.6 is 0 Å². The van der Waals surface area contributed by atoms with Crippen LogP contribution in [0.1, 0.15) is 30.0 Å². The summed E-state index contributed by atoms with van der Waals surface area (Å²) in [5.41, 5.74) is 4.77. The summed E-state index contributed by atoms with van der Waals surface area (Å²) >= 11 is 0. The first-order valence-corrected chi connectivity index (χ1v) is 11.3. The quantitative estimate of drug-likeness (QED) is 0.692. The van der Waals surface area contributed by atoms with E-state index in [0.717, 1.165) is 37.4 Å². The van der Waals surface area contributed by atoms with Crippen LogP contribution in [-0.4, -0.2) is 63.2 Å². The lowest BCUT2D eigenvalue weighted by atomic mass is 9.74. The average Bonchev–Trinajstić information content (AvgIpc) is 2.81. The highest BCUT2D eigenvalue weighted by atomic mass is 16.3. The Bertz CT molecular complexity index is 964. The van der Waals surface area contributed by atoms with E-state index in [1.807, 2.05) is 24.5 Å². The van der Waals surface area contributed by atoms with Crippen molar-refractivity contribution < 1.29 is 5.11 Å². The Morgan fingerprint density at radius 3 is 2.52 bits per heavy atom. The highest BCUT2D eigenvalue weighted by molar-refractivity contribution is 5.62. The van der Waals surface area contributed by atoms with E-state index in [1.54, 1.807) is 6.20 Å². The summed E-state index contributed by atoms with van der Waals surface area (Å²) in [7, 11) is 0. The fourth-order valence-corrected chi connectivity index (χ4v) is 5.31. The molecule has 160 valence electrons. The minimum atomic E-state index is 0.212. The zero-order valence-corrected chi connectivity index (χ0v) is 17.8. The van der Waals surface area contributed by atoms with Gasteiger partial charge in [0.15, 0.2) is 0 Å². The lowest BCUT2D eigenvalue weighted by Gasteiger charge is -2.57. The van der Waals surface area contributed by atoms with Crippen LogP contribution < -0.4 is 0 Å². The molecule has 0 unspecified atom stereocenters. The molecule has 5 heteroatoms. The van der Waals surface area contributed by atoms with Gasteiger partial charge in [0.2, 0.25) is 0 Å². The van der Waals surface area contributed by atoms with Gasteiger partial charge < -0.3 is 5.11 Å². The van der Waals surface area contributed by atoms with Gasteiger partial charge in [-0.15, -0.1) is 0 Å². The molecule has 0 spiro atoms. The zero-order valence-electron chi connectivity index (χ0n) is 17.8. The fraction of sp³-hybridized carbons (Fsp3) is 0.385. The van der Waals surface area contributed by atoms with Gasteiger partial charge in [-0.2, -0.15) is 0 Å². The predicted octanol–water partition coefficient (Wildman–Crippen LogP) is 3.57. The van der Waals surface area contributed by atoms with E-state index in [9.17, 15) is 5.11 Å². The molecule has 2 fully saturated rings. The number of nitrogens with zero attached hydrogens (tertiary/aromatic N) is 4. The molecule has 2 aliphatic rings. The van der Waals surface area contributed by atoms with Crippen molar-refractivity contribution in [2.24, 2.45) is 0 Å². The summed E-state index contributed by atoms with van der Waals surface area (Å²) in [6, 6.07) is 19.7. The molecule has 3 aromatic rings.